The van der Waals surface area contributed by atoms with Crippen LogP contribution in [0.3, 0.4) is 0 Å². The van der Waals surface area contributed by atoms with Crippen LogP contribution < -0.4 is 0 Å². The van der Waals surface area contributed by atoms with Crippen LogP contribution in [-0.2, 0) is 0 Å². The lowest BCUT2D eigenvalue weighted by molar-refractivity contribution is 0.443. The van der Waals surface area contributed by atoms with Gasteiger partial charge in [-0.25, -0.2) is 0 Å². The average Bonchev–Trinajstić information content (AvgIpc) is 2.68. The molecule has 0 radical (unpaired) electrons. The Kier molecular flexibility index (Phi) is 6.50. The van der Waals surface area contributed by atoms with Gasteiger partial charge in [0.2, 0.25) is 0 Å². The summed E-state index contributed by atoms with van der Waals surface area (Å²) in [6, 6.07) is 20.6. The number of allylic oxidation sites excluding steroid dienone is 2. The van der Waals surface area contributed by atoms with Crippen LogP contribution in [0.25, 0.3) is 0 Å². The van der Waals surface area contributed by atoms with Gasteiger partial charge >= 0.3 is 0 Å². The lowest BCUT2D eigenvalue weighted by atomic mass is 9.81. The third-order valence-electron chi connectivity index (χ3n) is 5.75. The van der Waals surface area contributed by atoms with Crippen molar-refractivity contribution in [3.63, 3.8) is 0 Å². The second kappa shape index (κ2) is 9.04. The van der Waals surface area contributed by atoms with Gasteiger partial charge in [0, 0.05) is 5.92 Å². The van der Waals surface area contributed by atoms with E-state index >= 15 is 0 Å². The van der Waals surface area contributed by atoms with E-state index in [0.29, 0.717) is 11.8 Å². The Balaban J connectivity index is 1.82. The summed E-state index contributed by atoms with van der Waals surface area (Å²) in [5.74, 6) is 1.86. The van der Waals surface area contributed by atoms with Gasteiger partial charge < -0.3 is 0 Å². The number of benzene rings is 2. The Bertz CT molecular complexity index is 644. The van der Waals surface area contributed by atoms with Gasteiger partial charge in [-0.2, -0.15) is 0 Å². The molecule has 0 aliphatic heterocycles. The van der Waals surface area contributed by atoms with Gasteiger partial charge in [0.1, 0.15) is 0 Å². The van der Waals surface area contributed by atoms with Crippen LogP contribution in [-0.4, -0.2) is 0 Å². The van der Waals surface area contributed by atoms with E-state index in [0.717, 1.165) is 12.3 Å². The van der Waals surface area contributed by atoms with E-state index in [9.17, 15) is 0 Å². The molecule has 0 N–H and O–H groups in total. The Hall–Kier alpha value is -1.82. The van der Waals surface area contributed by atoms with Gasteiger partial charge in [0.05, 0.1) is 0 Å². The van der Waals surface area contributed by atoms with Crippen molar-refractivity contribution in [3.8, 4) is 0 Å². The minimum Gasteiger partial charge on any atom is -0.0914 e. The lowest BCUT2D eigenvalue weighted by Gasteiger charge is -2.24. The third-order valence-corrected chi connectivity index (χ3v) is 5.75. The number of hydrogen-bond donors (Lipinski definition) is 0. The first kappa shape index (κ1) is 18.0. The summed E-state index contributed by atoms with van der Waals surface area (Å²) in [6.07, 6.45) is 12.6. The monoisotopic (exact) mass is 332 g/mol. The molecule has 0 heteroatoms. The molecule has 0 heterocycles. The van der Waals surface area contributed by atoms with Crippen LogP contribution in [0.2, 0.25) is 0 Å². The van der Waals surface area contributed by atoms with Gasteiger partial charge in [0.15, 0.2) is 0 Å². The summed E-state index contributed by atoms with van der Waals surface area (Å²) in [6.45, 7) is 4.44. The Morgan fingerprint density at radius 3 is 2.16 bits per heavy atom. The van der Waals surface area contributed by atoms with Crippen molar-refractivity contribution in [2.24, 2.45) is 5.92 Å². The molecular weight excluding hydrogens is 300 g/mol. The molecule has 25 heavy (non-hydrogen) atoms. The fraction of sp³-hybridized carbons (Fsp3) is 0.440. The molecule has 2 aromatic rings. The largest absolute Gasteiger partial charge is 0.0914 e. The molecule has 1 aliphatic carbocycles. The maximum Gasteiger partial charge on any atom is 0.00948 e. The zero-order chi connectivity index (χ0) is 17.5. The Morgan fingerprint density at radius 2 is 1.52 bits per heavy atom. The highest BCUT2D eigenvalue weighted by Crippen LogP contribution is 2.35. The van der Waals surface area contributed by atoms with Crippen molar-refractivity contribution in [3.05, 3.63) is 83.4 Å². The van der Waals surface area contributed by atoms with E-state index < -0.39 is 0 Å². The molecule has 2 atom stereocenters. The van der Waals surface area contributed by atoms with E-state index in [2.05, 4.69) is 80.6 Å². The molecule has 2 aromatic carbocycles. The SMILES string of the molecule is CC=CC(C)CC(c1ccccc1)c1ccc(C2CCCCC2)cc1. The first-order valence-corrected chi connectivity index (χ1v) is 10.1. The maximum atomic E-state index is 2.40. The standard InChI is InChI=1S/C25H32/c1-3-10-20(2)19-25(23-13-8-5-9-14-23)24-17-15-22(16-18-24)21-11-6-4-7-12-21/h3,5,8-10,13-18,20-21,25H,4,6-7,11-12,19H2,1-2H3. The second-order valence-electron chi connectivity index (χ2n) is 7.70. The highest BCUT2D eigenvalue weighted by atomic mass is 14.2. The van der Waals surface area contributed by atoms with Crippen LogP contribution in [0, 0.1) is 5.92 Å². The molecule has 0 saturated heterocycles. The first-order chi connectivity index (χ1) is 12.3. The molecule has 0 amide bonds. The maximum absolute atomic E-state index is 2.40. The number of hydrogen-bond acceptors (Lipinski definition) is 0. The van der Waals surface area contributed by atoms with Crippen LogP contribution in [0.1, 0.15) is 80.9 Å². The predicted octanol–water partition coefficient (Wildman–Crippen LogP) is 7.47. The van der Waals surface area contributed by atoms with Crippen molar-refractivity contribution in [2.75, 3.05) is 0 Å². The highest BCUT2D eigenvalue weighted by molar-refractivity contribution is 5.35. The zero-order valence-corrected chi connectivity index (χ0v) is 15.8. The zero-order valence-electron chi connectivity index (χ0n) is 15.8. The fourth-order valence-electron chi connectivity index (χ4n) is 4.37. The van der Waals surface area contributed by atoms with Crippen LogP contribution in [0.15, 0.2) is 66.7 Å². The van der Waals surface area contributed by atoms with Crippen molar-refractivity contribution < 1.29 is 0 Å². The van der Waals surface area contributed by atoms with E-state index in [4.69, 9.17) is 0 Å². The summed E-state index contributed by atoms with van der Waals surface area (Å²) in [4.78, 5) is 0. The molecule has 0 bridgehead atoms. The Labute approximate surface area is 154 Å². The molecule has 1 fully saturated rings. The summed E-state index contributed by atoms with van der Waals surface area (Å²) in [5, 5.41) is 0. The van der Waals surface area contributed by atoms with E-state index in [1.54, 1.807) is 5.56 Å². The Morgan fingerprint density at radius 1 is 0.880 bits per heavy atom. The normalized spacial score (nSPS) is 18.3. The topological polar surface area (TPSA) is 0 Å². The second-order valence-corrected chi connectivity index (χ2v) is 7.70. The lowest BCUT2D eigenvalue weighted by Crippen LogP contribution is -2.07. The molecule has 0 nitrogen and oxygen atoms in total. The van der Waals surface area contributed by atoms with E-state index in [1.165, 1.54) is 43.2 Å². The molecule has 2 unspecified atom stereocenters. The van der Waals surface area contributed by atoms with Gasteiger partial charge in [-0.15, -0.1) is 0 Å². The van der Waals surface area contributed by atoms with Gasteiger partial charge in [-0.3, -0.25) is 0 Å². The van der Waals surface area contributed by atoms with Crippen LogP contribution in [0.4, 0.5) is 0 Å². The van der Waals surface area contributed by atoms with Crippen molar-refractivity contribution in [2.45, 2.75) is 64.2 Å². The predicted molar refractivity (Wildman–Crippen MR) is 109 cm³/mol. The molecule has 0 aromatic heterocycles. The average molecular weight is 333 g/mol. The molecule has 1 saturated carbocycles. The van der Waals surface area contributed by atoms with Crippen molar-refractivity contribution in [1.82, 2.24) is 0 Å². The minimum absolute atomic E-state index is 0.479. The molecule has 132 valence electrons. The molecule has 1 aliphatic rings. The minimum atomic E-state index is 0.479. The quantitative estimate of drug-likeness (QED) is 0.481. The van der Waals surface area contributed by atoms with Gasteiger partial charge in [0.25, 0.3) is 0 Å². The van der Waals surface area contributed by atoms with Crippen molar-refractivity contribution in [1.29, 1.82) is 0 Å². The summed E-state index contributed by atoms with van der Waals surface area (Å²) < 4.78 is 0. The smallest absolute Gasteiger partial charge is 0.00948 e. The highest BCUT2D eigenvalue weighted by Gasteiger charge is 2.19. The van der Waals surface area contributed by atoms with Crippen LogP contribution >= 0.6 is 0 Å². The van der Waals surface area contributed by atoms with Crippen LogP contribution in [0.5, 0.6) is 0 Å². The fourth-order valence-corrected chi connectivity index (χ4v) is 4.37. The van der Waals surface area contributed by atoms with E-state index in [1.807, 2.05) is 0 Å². The first-order valence-electron chi connectivity index (χ1n) is 10.1. The summed E-state index contributed by atoms with van der Waals surface area (Å²) in [5.41, 5.74) is 4.45. The van der Waals surface area contributed by atoms with Gasteiger partial charge in [-0.1, -0.05) is 92.9 Å². The van der Waals surface area contributed by atoms with Crippen molar-refractivity contribution >= 4 is 0 Å². The number of rotatable bonds is 6. The van der Waals surface area contributed by atoms with Gasteiger partial charge in [-0.05, 0) is 54.7 Å². The van der Waals surface area contributed by atoms with E-state index in [-0.39, 0.29) is 0 Å². The molecule has 3 rings (SSSR count). The summed E-state index contributed by atoms with van der Waals surface area (Å²) >= 11 is 0. The summed E-state index contributed by atoms with van der Waals surface area (Å²) in [7, 11) is 0. The molecular formula is C25H32. The molecule has 0 spiro atoms. The third kappa shape index (κ3) is 4.84.